The lowest BCUT2D eigenvalue weighted by atomic mass is 10.0. The van der Waals surface area contributed by atoms with Gasteiger partial charge in [0.2, 0.25) is 0 Å². The Labute approximate surface area is 106 Å². The van der Waals surface area contributed by atoms with E-state index in [1.807, 2.05) is 18.3 Å². The van der Waals surface area contributed by atoms with Crippen molar-refractivity contribution in [2.45, 2.75) is 52.5 Å². The van der Waals surface area contributed by atoms with Crippen LogP contribution in [0.4, 0.5) is 0 Å². The molecular weight excluding hydrogens is 208 g/mol. The second-order valence-corrected chi connectivity index (χ2v) is 5.25. The minimum Gasteiger partial charge on any atom is -0.314 e. The van der Waals surface area contributed by atoms with E-state index < -0.39 is 0 Å². The van der Waals surface area contributed by atoms with E-state index in [-0.39, 0.29) is 0 Å². The molecule has 0 amide bonds. The Morgan fingerprint density at radius 2 is 2.00 bits per heavy atom. The van der Waals surface area contributed by atoms with Crippen LogP contribution in [0.1, 0.15) is 45.7 Å². The van der Waals surface area contributed by atoms with Gasteiger partial charge in [-0.2, -0.15) is 0 Å². The van der Waals surface area contributed by atoms with Crippen molar-refractivity contribution < 1.29 is 0 Å². The molecular formula is C15H26N2. The molecule has 0 spiro atoms. The van der Waals surface area contributed by atoms with E-state index in [1.54, 1.807) is 0 Å². The van der Waals surface area contributed by atoms with Gasteiger partial charge in [0, 0.05) is 30.9 Å². The van der Waals surface area contributed by atoms with Gasteiger partial charge in [-0.1, -0.05) is 32.8 Å². The topological polar surface area (TPSA) is 24.9 Å². The van der Waals surface area contributed by atoms with Crippen molar-refractivity contribution in [3.63, 3.8) is 0 Å². The van der Waals surface area contributed by atoms with Crippen molar-refractivity contribution >= 4 is 0 Å². The number of aromatic nitrogens is 1. The van der Waals surface area contributed by atoms with Crippen LogP contribution in [0.25, 0.3) is 0 Å². The molecule has 1 aromatic heterocycles. The Bertz CT molecular complexity index is 282. The van der Waals surface area contributed by atoms with Crippen LogP contribution in [0.3, 0.4) is 0 Å². The zero-order valence-corrected chi connectivity index (χ0v) is 11.4. The van der Waals surface area contributed by atoms with Gasteiger partial charge >= 0.3 is 0 Å². The molecule has 96 valence electrons. The zero-order chi connectivity index (χ0) is 12.5. The maximum absolute atomic E-state index is 4.32. The summed E-state index contributed by atoms with van der Waals surface area (Å²) < 4.78 is 0. The van der Waals surface area contributed by atoms with Gasteiger partial charge in [0.1, 0.15) is 0 Å². The van der Waals surface area contributed by atoms with Gasteiger partial charge in [0.25, 0.3) is 0 Å². The first kappa shape index (κ1) is 14.2. The summed E-state index contributed by atoms with van der Waals surface area (Å²) in [5.41, 5.74) is 1.18. The first-order valence-corrected chi connectivity index (χ1v) is 6.81. The zero-order valence-electron chi connectivity index (χ0n) is 11.4. The van der Waals surface area contributed by atoms with Crippen LogP contribution in [-0.2, 0) is 6.42 Å². The summed E-state index contributed by atoms with van der Waals surface area (Å²) in [6.45, 7) is 7.89. The lowest BCUT2D eigenvalue weighted by Crippen LogP contribution is -2.28. The maximum atomic E-state index is 4.32. The Hall–Kier alpha value is -0.890. The molecule has 0 bridgehead atoms. The van der Waals surface area contributed by atoms with Gasteiger partial charge < -0.3 is 5.32 Å². The summed E-state index contributed by atoms with van der Waals surface area (Å²) in [5, 5.41) is 3.56. The molecule has 0 radical (unpaired) electrons. The fourth-order valence-electron chi connectivity index (χ4n) is 1.93. The third-order valence-corrected chi connectivity index (χ3v) is 3.02. The molecule has 0 aliphatic rings. The van der Waals surface area contributed by atoms with Crippen molar-refractivity contribution in [3.8, 4) is 0 Å². The van der Waals surface area contributed by atoms with Crippen LogP contribution in [0, 0.1) is 5.92 Å². The molecule has 1 heterocycles. The Morgan fingerprint density at radius 1 is 1.18 bits per heavy atom. The van der Waals surface area contributed by atoms with Crippen LogP contribution in [-0.4, -0.2) is 17.6 Å². The Balaban J connectivity index is 2.06. The molecule has 0 aliphatic heterocycles. The standard InChI is InChI=1S/C15H26N2/c1-13(2)7-6-8-14(3)16-12-10-15-9-4-5-11-17-15/h4-5,9,11,13-14,16H,6-8,10,12H2,1-3H3. The average Bonchev–Trinajstić information content (AvgIpc) is 2.30. The summed E-state index contributed by atoms with van der Waals surface area (Å²) in [6, 6.07) is 6.72. The normalized spacial score (nSPS) is 12.9. The Morgan fingerprint density at radius 3 is 2.65 bits per heavy atom. The molecule has 0 saturated carbocycles. The van der Waals surface area contributed by atoms with Gasteiger partial charge in [0.15, 0.2) is 0 Å². The maximum Gasteiger partial charge on any atom is 0.0416 e. The highest BCUT2D eigenvalue weighted by Crippen LogP contribution is 2.08. The lowest BCUT2D eigenvalue weighted by Gasteiger charge is -2.14. The highest BCUT2D eigenvalue weighted by atomic mass is 14.9. The summed E-state index contributed by atoms with van der Waals surface area (Å²) in [4.78, 5) is 4.32. The van der Waals surface area contributed by atoms with E-state index in [4.69, 9.17) is 0 Å². The van der Waals surface area contributed by atoms with E-state index in [9.17, 15) is 0 Å². The lowest BCUT2D eigenvalue weighted by molar-refractivity contribution is 0.459. The molecule has 0 aliphatic carbocycles. The molecule has 1 unspecified atom stereocenters. The largest absolute Gasteiger partial charge is 0.314 e. The SMILES string of the molecule is CC(C)CCCC(C)NCCc1ccccn1. The highest BCUT2D eigenvalue weighted by molar-refractivity contribution is 5.03. The van der Waals surface area contributed by atoms with Crippen molar-refractivity contribution in [2.75, 3.05) is 6.54 Å². The number of nitrogens with one attached hydrogen (secondary N) is 1. The number of pyridine rings is 1. The van der Waals surface area contributed by atoms with Gasteiger partial charge in [-0.15, -0.1) is 0 Å². The van der Waals surface area contributed by atoms with E-state index >= 15 is 0 Å². The molecule has 1 N–H and O–H groups in total. The average molecular weight is 234 g/mol. The summed E-state index contributed by atoms with van der Waals surface area (Å²) in [5.74, 6) is 0.829. The van der Waals surface area contributed by atoms with Gasteiger partial charge in [-0.05, 0) is 31.4 Å². The van der Waals surface area contributed by atoms with Gasteiger partial charge in [-0.3, -0.25) is 4.98 Å². The van der Waals surface area contributed by atoms with E-state index in [0.717, 1.165) is 18.9 Å². The molecule has 2 nitrogen and oxygen atoms in total. The van der Waals surface area contributed by atoms with Gasteiger partial charge in [-0.25, -0.2) is 0 Å². The van der Waals surface area contributed by atoms with Crippen molar-refractivity contribution in [2.24, 2.45) is 5.92 Å². The van der Waals surface area contributed by atoms with Crippen molar-refractivity contribution in [3.05, 3.63) is 30.1 Å². The third kappa shape index (κ3) is 7.11. The Kier molecular flexibility index (Phi) is 6.87. The van der Waals surface area contributed by atoms with Crippen LogP contribution >= 0.6 is 0 Å². The molecule has 17 heavy (non-hydrogen) atoms. The number of hydrogen-bond donors (Lipinski definition) is 1. The highest BCUT2D eigenvalue weighted by Gasteiger charge is 2.02. The van der Waals surface area contributed by atoms with Gasteiger partial charge in [0.05, 0.1) is 0 Å². The second kappa shape index (κ2) is 8.24. The molecule has 1 rings (SSSR count). The molecule has 0 aromatic carbocycles. The summed E-state index contributed by atoms with van der Waals surface area (Å²) in [7, 11) is 0. The minimum absolute atomic E-state index is 0.623. The number of nitrogens with zero attached hydrogens (tertiary/aromatic N) is 1. The third-order valence-electron chi connectivity index (χ3n) is 3.02. The number of rotatable bonds is 8. The fourth-order valence-corrected chi connectivity index (χ4v) is 1.93. The van der Waals surface area contributed by atoms with E-state index in [2.05, 4.69) is 37.1 Å². The molecule has 1 aromatic rings. The first-order valence-electron chi connectivity index (χ1n) is 6.81. The first-order chi connectivity index (χ1) is 8.18. The molecule has 0 saturated heterocycles. The van der Waals surface area contributed by atoms with Crippen molar-refractivity contribution in [1.82, 2.24) is 10.3 Å². The predicted octanol–water partition coefficient (Wildman–Crippen LogP) is 3.43. The van der Waals surface area contributed by atoms with Crippen molar-refractivity contribution in [1.29, 1.82) is 0 Å². The monoisotopic (exact) mass is 234 g/mol. The van der Waals surface area contributed by atoms with Crippen LogP contribution in [0.2, 0.25) is 0 Å². The number of hydrogen-bond acceptors (Lipinski definition) is 2. The van der Waals surface area contributed by atoms with E-state index in [1.165, 1.54) is 25.0 Å². The quantitative estimate of drug-likeness (QED) is 0.745. The summed E-state index contributed by atoms with van der Waals surface area (Å²) >= 11 is 0. The molecule has 2 heteroatoms. The van der Waals surface area contributed by atoms with E-state index in [0.29, 0.717) is 6.04 Å². The molecule has 1 atom stereocenters. The fraction of sp³-hybridized carbons (Fsp3) is 0.667. The second-order valence-electron chi connectivity index (χ2n) is 5.25. The van der Waals surface area contributed by atoms with Crippen LogP contribution in [0.15, 0.2) is 24.4 Å². The minimum atomic E-state index is 0.623. The van der Waals surface area contributed by atoms with Crippen LogP contribution in [0.5, 0.6) is 0 Å². The van der Waals surface area contributed by atoms with Crippen LogP contribution < -0.4 is 5.32 Å². The smallest absolute Gasteiger partial charge is 0.0416 e. The summed E-state index contributed by atoms with van der Waals surface area (Å²) in [6.07, 6.45) is 6.83. The predicted molar refractivity (Wildman–Crippen MR) is 74.1 cm³/mol. The molecule has 0 fully saturated rings.